The van der Waals surface area contributed by atoms with Gasteiger partial charge in [-0.05, 0) is 48.5 Å². The molecular weight excluding hydrogens is 380 g/mol. The Morgan fingerprint density at radius 2 is 1.65 bits per heavy atom. The molecule has 0 aromatic heterocycles. The van der Waals surface area contributed by atoms with E-state index in [0.29, 0.717) is 22.0 Å². The van der Waals surface area contributed by atoms with Crippen LogP contribution in [0.5, 0.6) is 0 Å². The minimum Gasteiger partial charge on any atom is -0.465 e. The number of benzene rings is 2. The highest BCUT2D eigenvalue weighted by atomic mass is 35.5. The van der Waals surface area contributed by atoms with Crippen LogP contribution in [0.3, 0.4) is 0 Å². The molecule has 7 nitrogen and oxygen atoms in total. The molecule has 0 radical (unpaired) electrons. The lowest BCUT2D eigenvalue weighted by molar-refractivity contribution is -0.114. The fourth-order valence-electron chi connectivity index (χ4n) is 2.15. The van der Waals surface area contributed by atoms with E-state index in [1.165, 1.54) is 43.5 Å². The minimum atomic E-state index is -3.67. The van der Waals surface area contributed by atoms with E-state index in [0.717, 1.165) is 10.6 Å². The molecule has 2 aromatic carbocycles. The van der Waals surface area contributed by atoms with E-state index in [1.807, 2.05) is 0 Å². The molecule has 0 unspecified atom stereocenters. The van der Waals surface area contributed by atoms with Crippen LogP contribution >= 0.6 is 11.6 Å². The van der Waals surface area contributed by atoms with Crippen molar-refractivity contribution in [3.05, 3.63) is 59.1 Å². The normalized spacial score (nSPS) is 10.9. The third kappa shape index (κ3) is 5.21. The van der Waals surface area contributed by atoms with Crippen LogP contribution in [-0.4, -0.2) is 40.2 Å². The van der Waals surface area contributed by atoms with Crippen molar-refractivity contribution in [1.82, 2.24) is 0 Å². The van der Waals surface area contributed by atoms with Gasteiger partial charge >= 0.3 is 5.97 Å². The second-order valence-electron chi connectivity index (χ2n) is 5.36. The number of esters is 1. The summed E-state index contributed by atoms with van der Waals surface area (Å²) in [6.07, 6.45) is 1.01. The molecule has 0 saturated heterocycles. The highest BCUT2D eigenvalue weighted by molar-refractivity contribution is 7.92. The summed E-state index contributed by atoms with van der Waals surface area (Å²) in [4.78, 5) is 23.6. The molecule has 2 rings (SSSR count). The van der Waals surface area contributed by atoms with E-state index in [-0.39, 0.29) is 0 Å². The molecule has 0 atom stereocenters. The maximum atomic E-state index is 12.2. The van der Waals surface area contributed by atoms with Gasteiger partial charge in [0.25, 0.3) is 0 Å². The Hall–Kier alpha value is -2.58. The first-order valence-corrected chi connectivity index (χ1v) is 9.65. The molecule has 2 aromatic rings. The van der Waals surface area contributed by atoms with Crippen LogP contribution < -0.4 is 9.62 Å². The van der Waals surface area contributed by atoms with Crippen molar-refractivity contribution in [3.8, 4) is 0 Å². The van der Waals surface area contributed by atoms with Gasteiger partial charge in [0.2, 0.25) is 15.9 Å². The quantitative estimate of drug-likeness (QED) is 0.757. The number of anilines is 2. The topological polar surface area (TPSA) is 92.8 Å². The second kappa shape index (κ2) is 8.20. The van der Waals surface area contributed by atoms with Crippen molar-refractivity contribution in [2.75, 3.05) is 29.5 Å². The number of carbonyl (C=O) groups excluding carboxylic acids is 2. The van der Waals surface area contributed by atoms with Gasteiger partial charge in [-0.1, -0.05) is 11.6 Å². The predicted octanol–water partition coefficient (Wildman–Crippen LogP) is 2.53. The molecule has 138 valence electrons. The second-order valence-corrected chi connectivity index (χ2v) is 7.71. The number of halogens is 1. The zero-order valence-corrected chi connectivity index (χ0v) is 15.7. The zero-order chi connectivity index (χ0) is 19.3. The number of nitrogens with zero attached hydrogens (tertiary/aromatic N) is 1. The number of hydrogen-bond acceptors (Lipinski definition) is 5. The average Bonchev–Trinajstić information content (AvgIpc) is 2.59. The van der Waals surface area contributed by atoms with E-state index in [2.05, 4.69) is 10.1 Å². The Morgan fingerprint density at radius 3 is 2.15 bits per heavy atom. The first-order valence-electron chi connectivity index (χ1n) is 7.42. The highest BCUT2D eigenvalue weighted by Crippen LogP contribution is 2.20. The molecule has 0 aliphatic heterocycles. The standard InChI is InChI=1S/C17H17ClN2O5S/c1-25-17(22)12-3-7-14(8-4-12)19-16(21)11-20(26(2,23)24)15-9-5-13(18)6-10-15/h3-10H,11H2,1-2H3,(H,19,21). The van der Waals surface area contributed by atoms with Crippen LogP contribution in [0.2, 0.25) is 5.02 Å². The lowest BCUT2D eigenvalue weighted by Gasteiger charge is -2.22. The van der Waals surface area contributed by atoms with Gasteiger partial charge in [0, 0.05) is 10.7 Å². The summed E-state index contributed by atoms with van der Waals surface area (Å²) >= 11 is 5.81. The van der Waals surface area contributed by atoms with Crippen LogP contribution in [0.1, 0.15) is 10.4 Å². The van der Waals surface area contributed by atoms with Gasteiger partial charge in [-0.15, -0.1) is 0 Å². The SMILES string of the molecule is COC(=O)c1ccc(NC(=O)CN(c2ccc(Cl)cc2)S(C)(=O)=O)cc1. The summed E-state index contributed by atoms with van der Waals surface area (Å²) in [5.74, 6) is -1.02. The molecule has 26 heavy (non-hydrogen) atoms. The highest BCUT2D eigenvalue weighted by Gasteiger charge is 2.21. The van der Waals surface area contributed by atoms with Crippen molar-refractivity contribution in [2.24, 2.45) is 0 Å². The lowest BCUT2D eigenvalue weighted by Crippen LogP contribution is -2.37. The molecule has 0 bridgehead atoms. The Morgan fingerprint density at radius 1 is 1.08 bits per heavy atom. The third-order valence-electron chi connectivity index (χ3n) is 3.39. The minimum absolute atomic E-state index is 0.327. The Kier molecular flexibility index (Phi) is 6.23. The number of amides is 1. The average molecular weight is 397 g/mol. The molecular formula is C17H17ClN2O5S. The van der Waals surface area contributed by atoms with Gasteiger partial charge in [0.1, 0.15) is 6.54 Å². The summed E-state index contributed by atoms with van der Waals surface area (Å²) in [5.41, 5.74) is 1.09. The number of hydrogen-bond donors (Lipinski definition) is 1. The molecule has 9 heteroatoms. The lowest BCUT2D eigenvalue weighted by atomic mass is 10.2. The number of ether oxygens (including phenoxy) is 1. The molecule has 0 saturated carbocycles. The number of methoxy groups -OCH3 is 1. The Labute approximate surface area is 156 Å². The first-order chi connectivity index (χ1) is 12.2. The van der Waals surface area contributed by atoms with E-state index in [4.69, 9.17) is 11.6 Å². The van der Waals surface area contributed by atoms with Crippen molar-refractivity contribution in [1.29, 1.82) is 0 Å². The smallest absolute Gasteiger partial charge is 0.337 e. The van der Waals surface area contributed by atoms with Gasteiger partial charge in [0.15, 0.2) is 0 Å². The molecule has 0 aliphatic carbocycles. The fraction of sp³-hybridized carbons (Fsp3) is 0.176. The van der Waals surface area contributed by atoms with Gasteiger partial charge in [-0.2, -0.15) is 0 Å². The van der Waals surface area contributed by atoms with E-state index in [1.54, 1.807) is 12.1 Å². The number of nitrogens with one attached hydrogen (secondary N) is 1. The summed E-state index contributed by atoms with van der Waals surface area (Å²) < 4.78 is 29.6. The van der Waals surface area contributed by atoms with E-state index < -0.39 is 28.4 Å². The summed E-state index contributed by atoms with van der Waals surface area (Å²) in [5, 5.41) is 3.04. The molecule has 0 spiro atoms. The van der Waals surface area contributed by atoms with Crippen LogP contribution in [-0.2, 0) is 19.6 Å². The monoisotopic (exact) mass is 396 g/mol. The summed E-state index contributed by atoms with van der Waals surface area (Å²) in [6, 6.07) is 12.2. The molecule has 1 amide bonds. The van der Waals surface area contributed by atoms with Crippen molar-refractivity contribution >= 4 is 44.9 Å². The predicted molar refractivity (Wildman–Crippen MR) is 100 cm³/mol. The summed E-state index contributed by atoms with van der Waals surface area (Å²) in [7, 11) is -2.40. The largest absolute Gasteiger partial charge is 0.465 e. The number of sulfonamides is 1. The van der Waals surface area contributed by atoms with Crippen molar-refractivity contribution in [3.63, 3.8) is 0 Å². The third-order valence-corrected chi connectivity index (χ3v) is 4.78. The first kappa shape index (κ1) is 19.7. The van der Waals surface area contributed by atoms with Crippen LogP contribution in [0, 0.1) is 0 Å². The Bertz CT molecular complexity index is 896. The maximum absolute atomic E-state index is 12.2. The van der Waals surface area contributed by atoms with Crippen LogP contribution in [0.4, 0.5) is 11.4 Å². The molecule has 1 N–H and O–H groups in total. The van der Waals surface area contributed by atoms with Gasteiger partial charge in [-0.25, -0.2) is 13.2 Å². The maximum Gasteiger partial charge on any atom is 0.337 e. The summed E-state index contributed by atoms with van der Waals surface area (Å²) in [6.45, 7) is -0.404. The van der Waals surface area contributed by atoms with Gasteiger partial charge in [0.05, 0.1) is 24.6 Å². The van der Waals surface area contributed by atoms with Crippen molar-refractivity contribution < 1.29 is 22.7 Å². The van der Waals surface area contributed by atoms with Gasteiger partial charge < -0.3 is 10.1 Å². The van der Waals surface area contributed by atoms with E-state index in [9.17, 15) is 18.0 Å². The zero-order valence-electron chi connectivity index (χ0n) is 14.1. The number of rotatable bonds is 6. The van der Waals surface area contributed by atoms with Crippen LogP contribution in [0.15, 0.2) is 48.5 Å². The fourth-order valence-corrected chi connectivity index (χ4v) is 3.13. The Balaban J connectivity index is 2.12. The molecule has 0 fully saturated rings. The van der Waals surface area contributed by atoms with E-state index >= 15 is 0 Å². The van der Waals surface area contributed by atoms with Crippen molar-refractivity contribution in [2.45, 2.75) is 0 Å². The number of carbonyl (C=O) groups is 2. The molecule has 0 heterocycles. The van der Waals surface area contributed by atoms with Crippen LogP contribution in [0.25, 0.3) is 0 Å². The van der Waals surface area contributed by atoms with Gasteiger partial charge in [-0.3, -0.25) is 9.10 Å². The molecule has 0 aliphatic rings.